The average Bonchev–Trinajstić information content (AvgIpc) is 2.52. The van der Waals surface area contributed by atoms with E-state index in [1.165, 1.54) is 10.4 Å². The molecule has 68 valence electrons. The molecule has 0 spiro atoms. The van der Waals surface area contributed by atoms with Crippen molar-refractivity contribution in [2.24, 2.45) is 5.90 Å². The van der Waals surface area contributed by atoms with Crippen LogP contribution in [0.25, 0.3) is 0 Å². The molecule has 0 saturated heterocycles. The molecule has 1 rings (SSSR count). The fraction of sp³-hybridized carbons (Fsp3) is 0.556. The van der Waals surface area contributed by atoms with Gasteiger partial charge in [-0.25, -0.2) is 5.90 Å². The fourth-order valence-electron chi connectivity index (χ4n) is 1.20. The van der Waals surface area contributed by atoms with Gasteiger partial charge in [-0.2, -0.15) is 0 Å². The zero-order valence-corrected chi connectivity index (χ0v) is 8.57. The first-order valence-corrected chi connectivity index (χ1v) is 4.94. The van der Waals surface area contributed by atoms with Gasteiger partial charge in [0.15, 0.2) is 0 Å². The molecule has 1 aromatic heterocycles. The first-order chi connectivity index (χ1) is 5.61. The van der Waals surface area contributed by atoms with Gasteiger partial charge in [-0.1, -0.05) is 6.92 Å². The topological polar surface area (TPSA) is 35.2 Å². The molecular formula is C9H15NOS. The van der Waals surface area contributed by atoms with Gasteiger partial charge in [-0.05, 0) is 37.3 Å². The quantitative estimate of drug-likeness (QED) is 0.734. The van der Waals surface area contributed by atoms with Crippen LogP contribution in [-0.4, -0.2) is 0 Å². The highest BCUT2D eigenvalue weighted by Gasteiger charge is 2.24. The molecule has 0 aliphatic heterocycles. The number of nitrogens with two attached hydrogens (primary N) is 1. The summed E-state index contributed by atoms with van der Waals surface area (Å²) >= 11 is 1.70. The van der Waals surface area contributed by atoms with E-state index in [0.717, 1.165) is 6.42 Å². The summed E-state index contributed by atoms with van der Waals surface area (Å²) in [5.41, 5.74) is 0.981. The van der Waals surface area contributed by atoms with Crippen molar-refractivity contribution in [2.75, 3.05) is 0 Å². The predicted molar refractivity (Wildman–Crippen MR) is 52.0 cm³/mol. The van der Waals surface area contributed by atoms with Gasteiger partial charge in [-0.3, -0.25) is 4.84 Å². The Balaban J connectivity index is 3.00. The van der Waals surface area contributed by atoms with Crippen LogP contribution in [0.3, 0.4) is 0 Å². The van der Waals surface area contributed by atoms with Gasteiger partial charge in [0.05, 0.1) is 0 Å². The molecule has 0 unspecified atom stereocenters. The lowest BCUT2D eigenvalue weighted by atomic mass is 10.0. The monoisotopic (exact) mass is 185 g/mol. The Hall–Kier alpha value is -0.380. The molecule has 1 heterocycles. The minimum absolute atomic E-state index is 0.348. The second-order valence-corrected chi connectivity index (χ2v) is 4.17. The smallest absolute Gasteiger partial charge is 0.118 e. The van der Waals surface area contributed by atoms with Gasteiger partial charge in [0.25, 0.3) is 0 Å². The van der Waals surface area contributed by atoms with Crippen molar-refractivity contribution in [1.29, 1.82) is 0 Å². The second-order valence-electron chi connectivity index (χ2n) is 3.26. The Morgan fingerprint density at radius 2 is 2.25 bits per heavy atom. The van der Waals surface area contributed by atoms with Crippen molar-refractivity contribution in [3.05, 3.63) is 21.9 Å². The largest absolute Gasteiger partial charge is 0.293 e. The molecule has 0 bridgehead atoms. The molecule has 2 N–H and O–H groups in total. The lowest BCUT2D eigenvalue weighted by Gasteiger charge is -2.21. The Morgan fingerprint density at radius 1 is 1.58 bits per heavy atom. The third kappa shape index (κ3) is 1.68. The molecule has 3 heteroatoms. The normalized spacial score (nSPS) is 12.0. The molecule has 0 aromatic carbocycles. The third-order valence-corrected chi connectivity index (χ3v) is 3.23. The van der Waals surface area contributed by atoms with E-state index in [2.05, 4.69) is 18.4 Å². The van der Waals surface area contributed by atoms with E-state index in [1.807, 2.05) is 13.8 Å². The first-order valence-electron chi connectivity index (χ1n) is 4.06. The van der Waals surface area contributed by atoms with E-state index >= 15 is 0 Å². The lowest BCUT2D eigenvalue weighted by molar-refractivity contribution is -0.0213. The number of aryl methyl sites for hydroxylation is 1. The minimum Gasteiger partial charge on any atom is -0.293 e. The molecular weight excluding hydrogens is 170 g/mol. The summed E-state index contributed by atoms with van der Waals surface area (Å²) in [6.07, 6.45) is 1.03. The molecule has 12 heavy (non-hydrogen) atoms. The van der Waals surface area contributed by atoms with Crippen LogP contribution in [0.5, 0.6) is 0 Å². The Bertz CT molecular complexity index is 255. The summed E-state index contributed by atoms with van der Waals surface area (Å²) < 4.78 is 0. The second kappa shape index (κ2) is 3.56. The Kier molecular flexibility index (Phi) is 2.88. The van der Waals surface area contributed by atoms with E-state index in [0.29, 0.717) is 0 Å². The van der Waals surface area contributed by atoms with E-state index in [-0.39, 0.29) is 5.60 Å². The number of rotatable bonds is 3. The molecule has 0 aliphatic carbocycles. The molecule has 0 saturated carbocycles. The van der Waals surface area contributed by atoms with Gasteiger partial charge >= 0.3 is 0 Å². The summed E-state index contributed by atoms with van der Waals surface area (Å²) in [6.45, 7) is 6.11. The summed E-state index contributed by atoms with van der Waals surface area (Å²) in [6, 6.07) is 2.13. The maximum absolute atomic E-state index is 5.23. The average molecular weight is 185 g/mol. The van der Waals surface area contributed by atoms with Crippen LogP contribution in [0.4, 0.5) is 0 Å². The highest BCUT2D eigenvalue weighted by Crippen LogP contribution is 2.31. The Morgan fingerprint density at radius 3 is 2.75 bits per heavy atom. The van der Waals surface area contributed by atoms with Crippen LogP contribution >= 0.6 is 11.3 Å². The maximum Gasteiger partial charge on any atom is 0.118 e. The molecule has 0 atom stereocenters. The van der Waals surface area contributed by atoms with E-state index in [1.54, 1.807) is 11.3 Å². The third-order valence-electron chi connectivity index (χ3n) is 1.97. The van der Waals surface area contributed by atoms with Crippen LogP contribution in [-0.2, 0) is 16.9 Å². The number of hydrogen-bond acceptors (Lipinski definition) is 3. The van der Waals surface area contributed by atoms with Crippen molar-refractivity contribution < 1.29 is 4.84 Å². The summed E-state index contributed by atoms with van der Waals surface area (Å²) in [5.74, 6) is 5.23. The van der Waals surface area contributed by atoms with Crippen molar-refractivity contribution in [3.63, 3.8) is 0 Å². The fourth-order valence-corrected chi connectivity index (χ4v) is 2.26. The molecule has 0 aliphatic rings. The zero-order valence-electron chi connectivity index (χ0n) is 7.76. The van der Waals surface area contributed by atoms with Crippen LogP contribution in [0, 0.1) is 0 Å². The first kappa shape index (κ1) is 9.71. The van der Waals surface area contributed by atoms with Gasteiger partial charge in [0.2, 0.25) is 0 Å². The van der Waals surface area contributed by atoms with Crippen LogP contribution in [0.1, 0.15) is 31.2 Å². The van der Waals surface area contributed by atoms with Gasteiger partial charge in [0, 0.05) is 4.88 Å². The SMILES string of the molecule is CCc1ccsc1C(C)(C)ON. The molecule has 0 fully saturated rings. The lowest BCUT2D eigenvalue weighted by Crippen LogP contribution is -2.25. The van der Waals surface area contributed by atoms with E-state index in [4.69, 9.17) is 10.7 Å². The highest BCUT2D eigenvalue weighted by molar-refractivity contribution is 7.10. The van der Waals surface area contributed by atoms with Crippen molar-refractivity contribution in [3.8, 4) is 0 Å². The molecule has 1 aromatic rings. The standard InChI is InChI=1S/C9H15NOS/c1-4-7-5-6-12-8(7)9(2,3)11-10/h5-6H,4,10H2,1-3H3. The molecule has 2 nitrogen and oxygen atoms in total. The maximum atomic E-state index is 5.23. The highest BCUT2D eigenvalue weighted by atomic mass is 32.1. The van der Waals surface area contributed by atoms with Crippen LogP contribution in [0.15, 0.2) is 11.4 Å². The van der Waals surface area contributed by atoms with Gasteiger partial charge < -0.3 is 0 Å². The van der Waals surface area contributed by atoms with Gasteiger partial charge in [0.1, 0.15) is 5.60 Å². The van der Waals surface area contributed by atoms with E-state index < -0.39 is 0 Å². The molecule has 0 radical (unpaired) electrons. The molecule has 0 amide bonds. The van der Waals surface area contributed by atoms with Crippen LogP contribution < -0.4 is 5.90 Å². The summed E-state index contributed by atoms with van der Waals surface area (Å²) in [5, 5.41) is 2.08. The number of thiophene rings is 1. The predicted octanol–water partition coefficient (Wildman–Crippen LogP) is 2.44. The van der Waals surface area contributed by atoms with Crippen LogP contribution in [0.2, 0.25) is 0 Å². The summed E-state index contributed by atoms with van der Waals surface area (Å²) in [7, 11) is 0. The number of hydrogen-bond donors (Lipinski definition) is 1. The van der Waals surface area contributed by atoms with Gasteiger partial charge in [-0.15, -0.1) is 11.3 Å². The summed E-state index contributed by atoms with van der Waals surface area (Å²) in [4.78, 5) is 6.16. The zero-order chi connectivity index (χ0) is 9.19. The Labute approximate surface area is 77.3 Å². The van der Waals surface area contributed by atoms with Crippen molar-refractivity contribution >= 4 is 11.3 Å². The van der Waals surface area contributed by atoms with Crippen molar-refractivity contribution in [2.45, 2.75) is 32.8 Å². The van der Waals surface area contributed by atoms with E-state index in [9.17, 15) is 0 Å². The minimum atomic E-state index is -0.348. The van der Waals surface area contributed by atoms with Crippen molar-refractivity contribution in [1.82, 2.24) is 0 Å².